The number of carbonyl (C=O) groups is 1. The largest absolute Gasteiger partial charge is 0.465 e. The first-order valence-corrected chi connectivity index (χ1v) is 4.50. The average molecular weight is 270 g/mol. The molecule has 0 saturated carbocycles. The molecule has 0 atom stereocenters. The lowest BCUT2D eigenvalue weighted by Gasteiger charge is -2.14. The Balaban J connectivity index is 3.25. The van der Waals surface area contributed by atoms with Crippen LogP contribution < -0.4 is 4.74 Å². The molecule has 0 fully saturated rings. The normalized spacial score (nSPS) is 11.5. The number of halogens is 5. The lowest BCUT2D eigenvalue weighted by atomic mass is 10.1. The predicted octanol–water partition coefficient (Wildman–Crippen LogP) is 3.09. The molecule has 0 heterocycles. The predicted molar refractivity (Wildman–Crippen MR) is 49.4 cm³/mol. The molecule has 0 spiro atoms. The molecule has 0 radical (unpaired) electrons. The van der Waals surface area contributed by atoms with Crippen LogP contribution in [0.2, 0.25) is 0 Å². The third kappa shape index (κ3) is 3.31. The number of benzene rings is 1. The molecule has 100 valence electrons. The highest BCUT2D eigenvalue weighted by molar-refractivity contribution is 5.89. The van der Waals surface area contributed by atoms with Crippen LogP contribution in [-0.4, -0.2) is 19.7 Å². The lowest BCUT2D eigenvalue weighted by Crippen LogP contribution is -2.13. The fourth-order valence-corrected chi connectivity index (χ4v) is 1.20. The van der Waals surface area contributed by atoms with Crippen LogP contribution >= 0.6 is 0 Å². The summed E-state index contributed by atoms with van der Waals surface area (Å²) >= 11 is 0. The number of esters is 1. The van der Waals surface area contributed by atoms with E-state index in [-0.39, 0.29) is 0 Å². The first-order chi connectivity index (χ1) is 8.25. The maximum atomic E-state index is 12.6. The van der Waals surface area contributed by atoms with E-state index in [0.29, 0.717) is 12.1 Å². The van der Waals surface area contributed by atoms with E-state index >= 15 is 0 Å². The molecule has 0 aliphatic carbocycles. The maximum Gasteiger partial charge on any atom is 0.419 e. The summed E-state index contributed by atoms with van der Waals surface area (Å²) in [6.07, 6.45) is -4.92. The van der Waals surface area contributed by atoms with E-state index in [1.807, 2.05) is 0 Å². The summed E-state index contributed by atoms with van der Waals surface area (Å²) in [5.74, 6) is -2.06. The second kappa shape index (κ2) is 5.19. The van der Waals surface area contributed by atoms with Crippen LogP contribution in [0.1, 0.15) is 15.9 Å². The van der Waals surface area contributed by atoms with Crippen LogP contribution in [0.5, 0.6) is 5.75 Å². The Bertz CT molecular complexity index is 442. The molecule has 18 heavy (non-hydrogen) atoms. The molecule has 0 aliphatic rings. The highest BCUT2D eigenvalue weighted by Crippen LogP contribution is 2.37. The van der Waals surface area contributed by atoms with E-state index in [9.17, 15) is 26.7 Å². The number of rotatable bonds is 3. The van der Waals surface area contributed by atoms with Gasteiger partial charge in [-0.2, -0.15) is 22.0 Å². The van der Waals surface area contributed by atoms with E-state index in [4.69, 9.17) is 0 Å². The number of ether oxygens (including phenoxy) is 2. The monoisotopic (exact) mass is 270 g/mol. The van der Waals surface area contributed by atoms with Crippen molar-refractivity contribution in [2.45, 2.75) is 12.8 Å². The summed E-state index contributed by atoms with van der Waals surface area (Å²) in [6.45, 7) is -3.39. The van der Waals surface area contributed by atoms with Crippen molar-refractivity contribution in [2.75, 3.05) is 7.11 Å². The zero-order valence-corrected chi connectivity index (χ0v) is 8.92. The Kier molecular flexibility index (Phi) is 4.10. The molecule has 1 rings (SSSR count). The van der Waals surface area contributed by atoms with Gasteiger partial charge >= 0.3 is 18.8 Å². The lowest BCUT2D eigenvalue weighted by molar-refractivity contribution is -0.141. The second-order valence-electron chi connectivity index (χ2n) is 3.08. The molecule has 0 aliphatic heterocycles. The molecule has 0 aromatic heterocycles. The molecule has 8 heteroatoms. The molecule has 3 nitrogen and oxygen atoms in total. The summed E-state index contributed by atoms with van der Waals surface area (Å²) in [7, 11) is 0.985. The summed E-state index contributed by atoms with van der Waals surface area (Å²) in [4.78, 5) is 11.0. The van der Waals surface area contributed by atoms with Crippen molar-refractivity contribution in [1.82, 2.24) is 0 Å². The Labute approximate surface area is 98.1 Å². The van der Waals surface area contributed by atoms with Crippen LogP contribution in [0.25, 0.3) is 0 Å². The van der Waals surface area contributed by atoms with Gasteiger partial charge < -0.3 is 9.47 Å². The zero-order valence-electron chi connectivity index (χ0n) is 8.92. The number of alkyl halides is 5. The Hall–Kier alpha value is -1.86. The van der Waals surface area contributed by atoms with Gasteiger partial charge in [0.1, 0.15) is 5.75 Å². The Morgan fingerprint density at radius 3 is 2.33 bits per heavy atom. The number of methoxy groups -OCH3 is 1. The minimum Gasteiger partial charge on any atom is -0.465 e. The van der Waals surface area contributed by atoms with Crippen molar-refractivity contribution < 1.29 is 36.2 Å². The topological polar surface area (TPSA) is 35.5 Å². The SMILES string of the molecule is COC(=O)c1ccc(OC(F)F)c(C(F)(F)F)c1. The summed E-state index contributed by atoms with van der Waals surface area (Å²) in [5, 5.41) is 0. The van der Waals surface area contributed by atoms with E-state index < -0.39 is 35.6 Å². The average Bonchev–Trinajstić information content (AvgIpc) is 2.26. The summed E-state index contributed by atoms with van der Waals surface area (Å²) in [6, 6.07) is 1.93. The fraction of sp³-hybridized carbons (Fsp3) is 0.300. The van der Waals surface area contributed by atoms with Gasteiger partial charge in [-0.1, -0.05) is 0 Å². The molecule has 0 unspecified atom stereocenters. The van der Waals surface area contributed by atoms with Gasteiger partial charge in [0.2, 0.25) is 0 Å². The van der Waals surface area contributed by atoms with Crippen LogP contribution in [0, 0.1) is 0 Å². The van der Waals surface area contributed by atoms with Gasteiger partial charge in [-0.25, -0.2) is 4.79 Å². The maximum absolute atomic E-state index is 12.6. The van der Waals surface area contributed by atoms with Gasteiger partial charge in [-0.05, 0) is 18.2 Å². The molecular formula is C10H7F5O3. The minimum absolute atomic E-state index is 0.392. The Morgan fingerprint density at radius 2 is 1.89 bits per heavy atom. The first-order valence-electron chi connectivity index (χ1n) is 4.50. The van der Waals surface area contributed by atoms with Crippen molar-refractivity contribution >= 4 is 5.97 Å². The van der Waals surface area contributed by atoms with E-state index in [2.05, 4.69) is 9.47 Å². The molecule has 0 amide bonds. The van der Waals surface area contributed by atoms with Crippen LogP contribution in [0.3, 0.4) is 0 Å². The van der Waals surface area contributed by atoms with Crippen molar-refractivity contribution in [1.29, 1.82) is 0 Å². The van der Waals surface area contributed by atoms with Crippen LogP contribution in [-0.2, 0) is 10.9 Å². The number of hydrogen-bond donors (Lipinski definition) is 0. The van der Waals surface area contributed by atoms with Crippen molar-refractivity contribution in [3.63, 3.8) is 0 Å². The molecule has 1 aromatic rings. The van der Waals surface area contributed by atoms with Gasteiger partial charge in [-0.15, -0.1) is 0 Å². The first kappa shape index (κ1) is 14.2. The van der Waals surface area contributed by atoms with E-state index in [1.165, 1.54) is 0 Å². The third-order valence-corrected chi connectivity index (χ3v) is 1.92. The highest BCUT2D eigenvalue weighted by atomic mass is 19.4. The summed E-state index contributed by atoms with van der Waals surface area (Å²) < 4.78 is 69.5. The standard InChI is InChI=1S/C10H7F5O3/c1-17-8(16)5-2-3-7(18-9(11)12)6(4-5)10(13,14)15/h2-4,9H,1H3. The molecule has 0 N–H and O–H groups in total. The molecule has 0 bridgehead atoms. The zero-order chi connectivity index (χ0) is 13.9. The number of hydrogen-bond acceptors (Lipinski definition) is 3. The van der Waals surface area contributed by atoms with Gasteiger partial charge in [-0.3, -0.25) is 0 Å². The van der Waals surface area contributed by atoms with Crippen molar-refractivity contribution in [3.8, 4) is 5.75 Å². The van der Waals surface area contributed by atoms with E-state index in [0.717, 1.165) is 13.2 Å². The molecule has 0 saturated heterocycles. The van der Waals surface area contributed by atoms with Crippen molar-refractivity contribution in [3.05, 3.63) is 29.3 Å². The van der Waals surface area contributed by atoms with Crippen LogP contribution in [0.15, 0.2) is 18.2 Å². The molecular weight excluding hydrogens is 263 g/mol. The Morgan fingerprint density at radius 1 is 1.28 bits per heavy atom. The highest BCUT2D eigenvalue weighted by Gasteiger charge is 2.36. The van der Waals surface area contributed by atoms with E-state index in [1.54, 1.807) is 0 Å². The molecule has 1 aromatic carbocycles. The van der Waals surface area contributed by atoms with Gasteiger partial charge in [0.15, 0.2) is 0 Å². The smallest absolute Gasteiger partial charge is 0.419 e. The van der Waals surface area contributed by atoms with Crippen LogP contribution in [0.4, 0.5) is 22.0 Å². The fourth-order valence-electron chi connectivity index (χ4n) is 1.20. The second-order valence-corrected chi connectivity index (χ2v) is 3.08. The quantitative estimate of drug-likeness (QED) is 0.625. The summed E-state index contributed by atoms with van der Waals surface area (Å²) in [5.41, 5.74) is -1.88. The van der Waals surface area contributed by atoms with Gasteiger partial charge in [0.25, 0.3) is 0 Å². The van der Waals surface area contributed by atoms with Crippen molar-refractivity contribution in [2.24, 2.45) is 0 Å². The van der Waals surface area contributed by atoms with Gasteiger partial charge in [0, 0.05) is 0 Å². The third-order valence-electron chi connectivity index (χ3n) is 1.92. The minimum atomic E-state index is -4.92. The number of carbonyl (C=O) groups excluding carboxylic acids is 1. The van der Waals surface area contributed by atoms with Gasteiger partial charge in [0.05, 0.1) is 18.2 Å².